The molecule has 2 rings (SSSR count). The maximum atomic E-state index is 10.9. The molecule has 0 fully saturated rings. The third kappa shape index (κ3) is 4.43. The summed E-state index contributed by atoms with van der Waals surface area (Å²) in [6.45, 7) is 2.10. The number of hydrogen-bond donors (Lipinski definition) is 1. The molecule has 0 radical (unpaired) electrons. The van der Waals surface area contributed by atoms with Crippen LogP contribution in [-0.4, -0.2) is 5.91 Å². The van der Waals surface area contributed by atoms with Gasteiger partial charge in [0.2, 0.25) is 5.91 Å². The summed E-state index contributed by atoms with van der Waals surface area (Å²) in [4.78, 5) is 10.9. The molecule has 2 nitrogen and oxygen atoms in total. The minimum absolute atomic E-state index is 0.00905. The molecule has 1 amide bonds. The third-order valence-corrected chi connectivity index (χ3v) is 2.76. The van der Waals surface area contributed by atoms with E-state index in [0.717, 1.165) is 11.1 Å². The normalized spacial score (nSPS) is 10.6. The van der Waals surface area contributed by atoms with Crippen LogP contribution in [0.4, 0.5) is 0 Å². The van der Waals surface area contributed by atoms with Gasteiger partial charge < -0.3 is 5.32 Å². The first kappa shape index (κ1) is 13.1. The Morgan fingerprint density at radius 1 is 1.00 bits per heavy atom. The summed E-state index contributed by atoms with van der Waals surface area (Å²) in [6.07, 6.45) is 4.16. The Bertz CT molecular complexity index is 573. The Balaban J connectivity index is 2.06. The lowest BCUT2D eigenvalue weighted by Gasteiger charge is -2.03. The zero-order valence-electron chi connectivity index (χ0n) is 11.0. The number of benzene rings is 2. The first-order chi connectivity index (χ1) is 9.24. The summed E-state index contributed by atoms with van der Waals surface area (Å²) >= 11 is 0. The molecule has 2 heteroatoms. The van der Waals surface area contributed by atoms with E-state index in [4.69, 9.17) is 0 Å². The van der Waals surface area contributed by atoms with Crippen LogP contribution in [0.2, 0.25) is 0 Å². The van der Waals surface area contributed by atoms with Crippen molar-refractivity contribution in [1.82, 2.24) is 5.32 Å². The van der Waals surface area contributed by atoms with Crippen molar-refractivity contribution < 1.29 is 4.79 Å². The Labute approximate surface area is 113 Å². The summed E-state index contributed by atoms with van der Waals surface area (Å²) in [5.41, 5.74) is 3.41. The highest BCUT2D eigenvalue weighted by atomic mass is 16.1. The second-order valence-electron chi connectivity index (χ2n) is 4.40. The van der Waals surface area contributed by atoms with Crippen LogP contribution < -0.4 is 5.32 Å². The van der Waals surface area contributed by atoms with Crippen molar-refractivity contribution in [2.75, 3.05) is 0 Å². The predicted octanol–water partition coefficient (Wildman–Crippen LogP) is 3.49. The van der Waals surface area contributed by atoms with E-state index >= 15 is 0 Å². The largest absolute Gasteiger partial charge is 0.352 e. The van der Waals surface area contributed by atoms with Crippen molar-refractivity contribution in [1.29, 1.82) is 0 Å². The monoisotopic (exact) mass is 251 g/mol. The minimum atomic E-state index is -0.00905. The van der Waals surface area contributed by atoms with E-state index in [0.29, 0.717) is 6.54 Å². The molecule has 2 aromatic rings. The Kier molecular flexibility index (Phi) is 4.51. The first-order valence-corrected chi connectivity index (χ1v) is 6.30. The summed E-state index contributed by atoms with van der Waals surface area (Å²) in [5, 5.41) is 2.80. The maximum absolute atomic E-state index is 10.9. The van der Waals surface area contributed by atoms with Crippen LogP contribution in [0.25, 0.3) is 12.2 Å². The van der Waals surface area contributed by atoms with E-state index in [9.17, 15) is 4.79 Å². The smallest absolute Gasteiger partial charge is 0.217 e. The van der Waals surface area contributed by atoms with Gasteiger partial charge in [0.25, 0.3) is 0 Å². The second kappa shape index (κ2) is 6.55. The molecule has 19 heavy (non-hydrogen) atoms. The lowest BCUT2D eigenvalue weighted by atomic mass is 10.1. The van der Waals surface area contributed by atoms with Gasteiger partial charge in [0.05, 0.1) is 0 Å². The van der Waals surface area contributed by atoms with Gasteiger partial charge in [-0.15, -0.1) is 0 Å². The summed E-state index contributed by atoms with van der Waals surface area (Å²) in [7, 11) is 0. The molecule has 0 unspecified atom stereocenters. The highest BCUT2D eigenvalue weighted by Crippen LogP contribution is 2.10. The summed E-state index contributed by atoms with van der Waals surface area (Å²) in [5.74, 6) is -0.00905. The van der Waals surface area contributed by atoms with Crippen molar-refractivity contribution in [3.63, 3.8) is 0 Å². The molecule has 0 aliphatic heterocycles. The lowest BCUT2D eigenvalue weighted by molar-refractivity contribution is -0.119. The molecule has 0 spiro atoms. The van der Waals surface area contributed by atoms with E-state index in [1.54, 1.807) is 0 Å². The Morgan fingerprint density at radius 3 is 2.42 bits per heavy atom. The van der Waals surface area contributed by atoms with E-state index in [-0.39, 0.29) is 5.91 Å². The van der Waals surface area contributed by atoms with E-state index in [2.05, 4.69) is 41.7 Å². The van der Waals surface area contributed by atoms with Crippen LogP contribution in [0, 0.1) is 0 Å². The number of hydrogen-bond acceptors (Lipinski definition) is 1. The average Bonchev–Trinajstić information content (AvgIpc) is 2.44. The number of carbonyl (C=O) groups excluding carboxylic acids is 1. The van der Waals surface area contributed by atoms with Crippen LogP contribution in [0.1, 0.15) is 23.6 Å². The van der Waals surface area contributed by atoms with Crippen LogP contribution in [-0.2, 0) is 11.3 Å². The second-order valence-corrected chi connectivity index (χ2v) is 4.40. The maximum Gasteiger partial charge on any atom is 0.217 e. The quantitative estimate of drug-likeness (QED) is 0.828. The van der Waals surface area contributed by atoms with Gasteiger partial charge in [0.1, 0.15) is 0 Å². The van der Waals surface area contributed by atoms with Crippen molar-refractivity contribution in [3.8, 4) is 0 Å². The molecule has 1 N–H and O–H groups in total. The van der Waals surface area contributed by atoms with Gasteiger partial charge in [-0.2, -0.15) is 0 Å². The molecule has 96 valence electrons. The van der Waals surface area contributed by atoms with Gasteiger partial charge in [0.15, 0.2) is 0 Å². The highest BCUT2D eigenvalue weighted by Gasteiger charge is 1.95. The highest BCUT2D eigenvalue weighted by molar-refractivity contribution is 5.73. The van der Waals surface area contributed by atoms with Gasteiger partial charge in [-0.25, -0.2) is 0 Å². The van der Waals surface area contributed by atoms with Crippen LogP contribution in [0.3, 0.4) is 0 Å². The first-order valence-electron chi connectivity index (χ1n) is 6.30. The molecule has 0 aliphatic carbocycles. The molecular formula is C17H17NO. The fraction of sp³-hybridized carbons (Fsp3) is 0.118. The summed E-state index contributed by atoms with van der Waals surface area (Å²) < 4.78 is 0. The van der Waals surface area contributed by atoms with Crippen molar-refractivity contribution in [3.05, 3.63) is 71.3 Å². The lowest BCUT2D eigenvalue weighted by Crippen LogP contribution is -2.18. The SMILES string of the molecule is CC(=O)NCc1cccc(/C=C/c2ccccc2)c1. The topological polar surface area (TPSA) is 29.1 Å². The van der Waals surface area contributed by atoms with Crippen molar-refractivity contribution in [2.24, 2.45) is 0 Å². The Hall–Kier alpha value is -2.35. The van der Waals surface area contributed by atoms with E-state index < -0.39 is 0 Å². The summed E-state index contributed by atoms with van der Waals surface area (Å²) in [6, 6.07) is 18.3. The van der Waals surface area contributed by atoms with Crippen LogP contribution in [0.5, 0.6) is 0 Å². The van der Waals surface area contributed by atoms with Gasteiger partial charge in [-0.1, -0.05) is 60.7 Å². The molecule has 0 bridgehead atoms. The molecular weight excluding hydrogens is 234 g/mol. The van der Waals surface area contributed by atoms with Gasteiger partial charge in [-0.05, 0) is 22.8 Å². The molecule has 2 aromatic carbocycles. The van der Waals surface area contributed by atoms with Gasteiger partial charge in [0, 0.05) is 13.5 Å². The molecule has 0 saturated carbocycles. The van der Waals surface area contributed by atoms with E-state index in [1.807, 2.05) is 30.3 Å². The molecule has 0 heterocycles. The number of carbonyl (C=O) groups is 1. The molecule has 0 atom stereocenters. The van der Waals surface area contributed by atoms with E-state index in [1.165, 1.54) is 12.5 Å². The fourth-order valence-electron chi connectivity index (χ4n) is 1.79. The minimum Gasteiger partial charge on any atom is -0.352 e. The number of rotatable bonds is 4. The zero-order valence-corrected chi connectivity index (χ0v) is 11.0. The van der Waals surface area contributed by atoms with Gasteiger partial charge >= 0.3 is 0 Å². The zero-order chi connectivity index (χ0) is 13.5. The van der Waals surface area contributed by atoms with Crippen LogP contribution in [0.15, 0.2) is 54.6 Å². The molecule has 0 saturated heterocycles. The predicted molar refractivity (Wildman–Crippen MR) is 79.3 cm³/mol. The average molecular weight is 251 g/mol. The molecule has 0 aromatic heterocycles. The molecule has 0 aliphatic rings. The van der Waals surface area contributed by atoms with Crippen molar-refractivity contribution >= 4 is 18.1 Å². The van der Waals surface area contributed by atoms with Gasteiger partial charge in [-0.3, -0.25) is 4.79 Å². The van der Waals surface area contributed by atoms with Crippen LogP contribution >= 0.6 is 0 Å². The number of amides is 1. The Morgan fingerprint density at radius 2 is 1.68 bits per heavy atom. The van der Waals surface area contributed by atoms with Crippen molar-refractivity contribution in [2.45, 2.75) is 13.5 Å². The number of nitrogens with one attached hydrogen (secondary N) is 1. The standard InChI is InChI=1S/C17H17NO/c1-14(19)18-13-17-9-5-8-16(12-17)11-10-15-6-3-2-4-7-15/h2-12H,13H2,1H3,(H,18,19)/b11-10+. The third-order valence-electron chi connectivity index (χ3n) is 2.76. The fourth-order valence-corrected chi connectivity index (χ4v) is 1.79.